The van der Waals surface area contributed by atoms with Crippen LogP contribution in [0, 0.1) is 11.3 Å². The van der Waals surface area contributed by atoms with E-state index < -0.39 is 0 Å². The molecule has 4 nitrogen and oxygen atoms in total. The number of nitriles is 1. The van der Waals surface area contributed by atoms with Crippen molar-refractivity contribution in [2.24, 2.45) is 4.99 Å². The second-order valence-corrected chi connectivity index (χ2v) is 5.94. The second-order valence-electron chi connectivity index (χ2n) is 4.79. The lowest BCUT2D eigenvalue weighted by Gasteiger charge is -2.24. The third-order valence-corrected chi connectivity index (χ3v) is 4.48. The van der Waals surface area contributed by atoms with Crippen molar-refractivity contribution in [1.82, 2.24) is 10.6 Å². The predicted octanol–water partition coefficient (Wildman–Crippen LogP) is 2.12. The Kier molecular flexibility index (Phi) is 5.75. The van der Waals surface area contributed by atoms with Crippen molar-refractivity contribution < 1.29 is 0 Å². The molecular weight excluding hydrogens is 268 g/mol. The van der Waals surface area contributed by atoms with E-state index in [-0.39, 0.29) is 0 Å². The van der Waals surface area contributed by atoms with Gasteiger partial charge in [-0.15, -0.1) is 0 Å². The first-order chi connectivity index (χ1) is 9.81. The SMILES string of the molecule is CN=C(NCc1ccc(C#N)cc1)NC1CCCSC1. The average Bonchev–Trinajstić information content (AvgIpc) is 2.53. The normalized spacial score (nSPS) is 19.2. The van der Waals surface area contributed by atoms with Crippen molar-refractivity contribution >= 4 is 17.7 Å². The summed E-state index contributed by atoms with van der Waals surface area (Å²) in [5, 5.41) is 15.6. The van der Waals surface area contributed by atoms with Gasteiger partial charge in [-0.2, -0.15) is 17.0 Å². The molecule has 1 heterocycles. The van der Waals surface area contributed by atoms with Crippen LogP contribution in [0.25, 0.3) is 0 Å². The van der Waals surface area contributed by atoms with Crippen LogP contribution < -0.4 is 10.6 Å². The van der Waals surface area contributed by atoms with Crippen LogP contribution in [-0.4, -0.2) is 30.6 Å². The summed E-state index contributed by atoms with van der Waals surface area (Å²) in [5.41, 5.74) is 1.83. The number of nitrogens with zero attached hydrogens (tertiary/aromatic N) is 2. The fourth-order valence-corrected chi connectivity index (χ4v) is 3.20. The number of hydrogen-bond acceptors (Lipinski definition) is 3. The lowest BCUT2D eigenvalue weighted by Crippen LogP contribution is -2.45. The Bertz CT molecular complexity index is 484. The van der Waals surface area contributed by atoms with Gasteiger partial charge in [0.25, 0.3) is 0 Å². The maximum Gasteiger partial charge on any atom is 0.191 e. The van der Waals surface area contributed by atoms with Gasteiger partial charge in [-0.05, 0) is 36.3 Å². The van der Waals surface area contributed by atoms with Crippen molar-refractivity contribution in [1.29, 1.82) is 5.26 Å². The highest BCUT2D eigenvalue weighted by atomic mass is 32.2. The molecular formula is C15H20N4S. The minimum absolute atomic E-state index is 0.515. The molecule has 1 aromatic rings. The highest BCUT2D eigenvalue weighted by Gasteiger charge is 2.14. The first-order valence-electron chi connectivity index (χ1n) is 6.86. The fourth-order valence-electron chi connectivity index (χ4n) is 2.13. The van der Waals surface area contributed by atoms with Crippen LogP contribution in [0.15, 0.2) is 29.3 Å². The first kappa shape index (κ1) is 14.7. The molecule has 2 rings (SSSR count). The molecule has 1 atom stereocenters. The molecule has 1 aliphatic rings. The molecule has 106 valence electrons. The molecule has 0 amide bonds. The summed E-state index contributed by atoms with van der Waals surface area (Å²) < 4.78 is 0. The van der Waals surface area contributed by atoms with Gasteiger partial charge in [0.2, 0.25) is 0 Å². The van der Waals surface area contributed by atoms with Crippen LogP contribution in [0.4, 0.5) is 0 Å². The number of thioether (sulfide) groups is 1. The molecule has 1 unspecified atom stereocenters. The molecule has 1 aliphatic heterocycles. The fraction of sp³-hybridized carbons (Fsp3) is 0.467. The number of benzene rings is 1. The lowest BCUT2D eigenvalue weighted by molar-refractivity contribution is 0.582. The van der Waals surface area contributed by atoms with Crippen LogP contribution in [0.1, 0.15) is 24.0 Å². The maximum atomic E-state index is 8.77. The number of aliphatic imine (C=N–C) groups is 1. The van der Waals surface area contributed by atoms with Crippen LogP contribution >= 0.6 is 11.8 Å². The number of guanidine groups is 1. The zero-order valence-corrected chi connectivity index (χ0v) is 12.5. The smallest absolute Gasteiger partial charge is 0.191 e. The van der Waals surface area contributed by atoms with Gasteiger partial charge in [0.15, 0.2) is 5.96 Å². The number of rotatable bonds is 3. The van der Waals surface area contributed by atoms with Crippen LogP contribution in [0.5, 0.6) is 0 Å². The van der Waals surface area contributed by atoms with Gasteiger partial charge in [-0.1, -0.05) is 12.1 Å². The number of hydrogen-bond donors (Lipinski definition) is 2. The topological polar surface area (TPSA) is 60.2 Å². The van der Waals surface area contributed by atoms with E-state index in [1.54, 1.807) is 7.05 Å². The lowest BCUT2D eigenvalue weighted by atomic mass is 10.1. The Morgan fingerprint density at radius 1 is 1.45 bits per heavy atom. The van der Waals surface area contributed by atoms with Gasteiger partial charge in [-0.3, -0.25) is 4.99 Å². The summed E-state index contributed by atoms with van der Waals surface area (Å²) in [5.74, 6) is 3.27. The summed E-state index contributed by atoms with van der Waals surface area (Å²) in [6.07, 6.45) is 2.49. The van der Waals surface area contributed by atoms with Gasteiger partial charge in [0.1, 0.15) is 0 Å². The highest BCUT2D eigenvalue weighted by Crippen LogP contribution is 2.16. The van der Waals surface area contributed by atoms with Crippen molar-refractivity contribution in [2.75, 3.05) is 18.6 Å². The van der Waals surface area contributed by atoms with Crippen molar-refractivity contribution in [3.05, 3.63) is 35.4 Å². The molecule has 2 N–H and O–H groups in total. The Morgan fingerprint density at radius 2 is 2.25 bits per heavy atom. The second kappa shape index (κ2) is 7.81. The van der Waals surface area contributed by atoms with E-state index in [4.69, 9.17) is 5.26 Å². The standard InChI is InChI=1S/C15H20N4S/c1-17-15(19-14-3-2-8-20-11-14)18-10-13-6-4-12(9-16)5-7-13/h4-7,14H,2-3,8,10-11H2,1H3,(H2,17,18,19). The molecule has 1 aromatic carbocycles. The molecule has 20 heavy (non-hydrogen) atoms. The molecule has 0 aliphatic carbocycles. The van der Waals surface area contributed by atoms with Crippen molar-refractivity contribution in [2.45, 2.75) is 25.4 Å². The highest BCUT2D eigenvalue weighted by molar-refractivity contribution is 7.99. The Hall–Kier alpha value is -1.67. The Morgan fingerprint density at radius 3 is 2.85 bits per heavy atom. The number of nitrogens with one attached hydrogen (secondary N) is 2. The largest absolute Gasteiger partial charge is 0.353 e. The summed E-state index contributed by atoms with van der Waals surface area (Å²) in [7, 11) is 1.80. The Balaban J connectivity index is 1.82. The summed E-state index contributed by atoms with van der Waals surface area (Å²) in [6, 6.07) is 10.3. The van der Waals surface area contributed by atoms with Crippen LogP contribution in [-0.2, 0) is 6.54 Å². The third-order valence-electron chi connectivity index (χ3n) is 3.27. The minimum Gasteiger partial charge on any atom is -0.353 e. The van der Waals surface area contributed by atoms with Gasteiger partial charge >= 0.3 is 0 Å². The zero-order chi connectivity index (χ0) is 14.2. The summed E-state index contributed by atoms with van der Waals surface area (Å²) in [4.78, 5) is 4.26. The van der Waals surface area contributed by atoms with E-state index in [0.717, 1.165) is 17.3 Å². The van der Waals surface area contributed by atoms with Gasteiger partial charge in [-0.25, -0.2) is 0 Å². The van der Waals surface area contributed by atoms with Gasteiger partial charge < -0.3 is 10.6 Å². The van der Waals surface area contributed by atoms with E-state index in [1.807, 2.05) is 36.0 Å². The Labute approximate surface area is 124 Å². The monoisotopic (exact) mass is 288 g/mol. The van der Waals surface area contributed by atoms with Gasteiger partial charge in [0.05, 0.1) is 11.6 Å². The van der Waals surface area contributed by atoms with E-state index in [9.17, 15) is 0 Å². The van der Waals surface area contributed by atoms with E-state index in [0.29, 0.717) is 18.2 Å². The van der Waals surface area contributed by atoms with Crippen molar-refractivity contribution in [3.63, 3.8) is 0 Å². The molecule has 1 fully saturated rings. The van der Waals surface area contributed by atoms with E-state index >= 15 is 0 Å². The third kappa shape index (κ3) is 4.46. The quantitative estimate of drug-likeness (QED) is 0.661. The molecule has 0 saturated carbocycles. The summed E-state index contributed by atoms with van der Waals surface area (Å²) in [6.45, 7) is 0.714. The first-order valence-corrected chi connectivity index (χ1v) is 8.01. The molecule has 1 saturated heterocycles. The predicted molar refractivity (Wildman–Crippen MR) is 84.8 cm³/mol. The minimum atomic E-state index is 0.515. The molecule has 0 aromatic heterocycles. The van der Waals surface area contributed by atoms with Crippen LogP contribution in [0.3, 0.4) is 0 Å². The molecule has 0 radical (unpaired) electrons. The molecule has 0 spiro atoms. The van der Waals surface area contributed by atoms with E-state index in [2.05, 4.69) is 21.7 Å². The molecule has 0 bridgehead atoms. The van der Waals surface area contributed by atoms with Crippen LogP contribution in [0.2, 0.25) is 0 Å². The molecule has 5 heteroatoms. The van der Waals surface area contributed by atoms with E-state index in [1.165, 1.54) is 18.6 Å². The van der Waals surface area contributed by atoms with Crippen molar-refractivity contribution in [3.8, 4) is 6.07 Å². The maximum absolute atomic E-state index is 8.77. The average molecular weight is 288 g/mol. The zero-order valence-electron chi connectivity index (χ0n) is 11.7. The summed E-state index contributed by atoms with van der Waals surface area (Å²) >= 11 is 2.00. The van der Waals surface area contributed by atoms with Gasteiger partial charge in [0, 0.05) is 25.4 Å².